The van der Waals surface area contributed by atoms with Gasteiger partial charge in [0.15, 0.2) is 0 Å². The molecule has 182 valence electrons. The molecular weight excluding hydrogens is 451 g/mol. The Morgan fingerprint density at radius 2 is 1.69 bits per heavy atom. The van der Waals surface area contributed by atoms with Crippen molar-refractivity contribution in [3.05, 3.63) is 83.7 Å². The molecule has 1 aliphatic heterocycles. The Labute approximate surface area is 203 Å². The molecule has 8 nitrogen and oxygen atoms in total. The van der Waals surface area contributed by atoms with Crippen LogP contribution in [0.2, 0.25) is 0 Å². The number of ether oxygens (including phenoxy) is 2. The molecule has 0 aromatic heterocycles. The van der Waals surface area contributed by atoms with Gasteiger partial charge in [0, 0.05) is 25.2 Å². The van der Waals surface area contributed by atoms with Gasteiger partial charge in [0.05, 0.1) is 37.4 Å². The summed E-state index contributed by atoms with van der Waals surface area (Å²) in [7, 11) is 1.60. The fourth-order valence-electron chi connectivity index (χ4n) is 3.72. The standard InChI is InChI=1S/C26H27FN4O4/c1-34-20-9-6-18(7-10-20)17-28-25(32)19-8-11-24(31-12-14-35-15-13-31)23(16-19)30-26(33)29-22-5-3-2-4-21(22)27/h2-11,16H,12-15,17H2,1H3,(H,28,32)(H2,29,30,33). The quantitative estimate of drug-likeness (QED) is 0.472. The predicted octanol–water partition coefficient (Wildman–Crippen LogP) is 4.24. The Balaban J connectivity index is 1.50. The summed E-state index contributed by atoms with van der Waals surface area (Å²) in [6.07, 6.45) is 0. The van der Waals surface area contributed by atoms with Crippen LogP contribution in [-0.2, 0) is 11.3 Å². The first-order chi connectivity index (χ1) is 17.0. The zero-order valence-electron chi connectivity index (χ0n) is 19.3. The van der Waals surface area contributed by atoms with Gasteiger partial charge in [-0.3, -0.25) is 4.79 Å². The minimum absolute atomic E-state index is 0.0614. The maximum absolute atomic E-state index is 14.0. The van der Waals surface area contributed by atoms with Gasteiger partial charge in [-0.2, -0.15) is 0 Å². The first-order valence-electron chi connectivity index (χ1n) is 11.2. The molecule has 4 rings (SSSR count). The number of hydrogen-bond acceptors (Lipinski definition) is 5. The van der Waals surface area contributed by atoms with Crippen LogP contribution in [0.3, 0.4) is 0 Å². The number of urea groups is 1. The lowest BCUT2D eigenvalue weighted by Crippen LogP contribution is -2.37. The van der Waals surface area contributed by atoms with Gasteiger partial charge >= 0.3 is 6.03 Å². The van der Waals surface area contributed by atoms with Gasteiger partial charge in [0.2, 0.25) is 0 Å². The normalized spacial score (nSPS) is 13.1. The molecule has 0 saturated carbocycles. The zero-order valence-corrected chi connectivity index (χ0v) is 19.3. The number of amides is 3. The van der Waals surface area contributed by atoms with Gasteiger partial charge in [-0.25, -0.2) is 9.18 Å². The van der Waals surface area contributed by atoms with E-state index in [1.165, 1.54) is 12.1 Å². The van der Waals surface area contributed by atoms with Crippen LogP contribution in [0.1, 0.15) is 15.9 Å². The van der Waals surface area contributed by atoms with Crippen molar-refractivity contribution in [2.45, 2.75) is 6.54 Å². The van der Waals surface area contributed by atoms with Crippen molar-refractivity contribution < 1.29 is 23.5 Å². The molecule has 3 amide bonds. The average Bonchev–Trinajstić information content (AvgIpc) is 2.89. The summed E-state index contributed by atoms with van der Waals surface area (Å²) in [5.41, 5.74) is 2.57. The van der Waals surface area contributed by atoms with E-state index in [9.17, 15) is 14.0 Å². The van der Waals surface area contributed by atoms with Gasteiger partial charge in [0.25, 0.3) is 5.91 Å². The van der Waals surface area contributed by atoms with Crippen LogP contribution >= 0.6 is 0 Å². The van der Waals surface area contributed by atoms with E-state index in [1.807, 2.05) is 24.3 Å². The third-order valence-corrected chi connectivity index (χ3v) is 5.59. The minimum atomic E-state index is -0.611. The third-order valence-electron chi connectivity index (χ3n) is 5.59. The Hall–Kier alpha value is -4.11. The summed E-state index contributed by atoms with van der Waals surface area (Å²) in [4.78, 5) is 27.6. The number of nitrogens with zero attached hydrogens (tertiary/aromatic N) is 1. The summed E-state index contributed by atoms with van der Waals surface area (Å²) in [5, 5.41) is 8.17. The van der Waals surface area contributed by atoms with E-state index in [0.29, 0.717) is 44.1 Å². The molecule has 1 aliphatic rings. The van der Waals surface area contributed by atoms with E-state index in [-0.39, 0.29) is 11.6 Å². The van der Waals surface area contributed by atoms with Crippen molar-refractivity contribution in [1.29, 1.82) is 0 Å². The Bertz CT molecular complexity index is 1180. The molecule has 3 aromatic carbocycles. The highest BCUT2D eigenvalue weighted by molar-refractivity contribution is 6.04. The number of benzene rings is 3. The van der Waals surface area contributed by atoms with E-state index in [1.54, 1.807) is 37.4 Å². The maximum Gasteiger partial charge on any atom is 0.323 e. The molecule has 0 spiro atoms. The summed E-state index contributed by atoms with van der Waals surface area (Å²) in [6, 6.07) is 17.8. The summed E-state index contributed by atoms with van der Waals surface area (Å²) in [6.45, 7) is 2.75. The number of anilines is 3. The molecule has 1 saturated heterocycles. The highest BCUT2D eigenvalue weighted by Crippen LogP contribution is 2.29. The Kier molecular flexibility index (Phi) is 7.79. The van der Waals surface area contributed by atoms with Crippen molar-refractivity contribution in [2.75, 3.05) is 48.9 Å². The summed E-state index contributed by atoms with van der Waals surface area (Å²) in [5.74, 6) is -0.0854. The van der Waals surface area contributed by atoms with Crippen LogP contribution in [0.25, 0.3) is 0 Å². The van der Waals surface area contributed by atoms with Gasteiger partial charge in [-0.05, 0) is 48.0 Å². The lowest BCUT2D eigenvalue weighted by molar-refractivity contribution is 0.0951. The van der Waals surface area contributed by atoms with E-state index in [2.05, 4.69) is 20.9 Å². The van der Waals surface area contributed by atoms with E-state index in [4.69, 9.17) is 9.47 Å². The smallest absolute Gasteiger partial charge is 0.323 e. The van der Waals surface area contributed by atoms with Gasteiger partial charge in [-0.1, -0.05) is 24.3 Å². The SMILES string of the molecule is COc1ccc(CNC(=O)c2ccc(N3CCOCC3)c(NC(=O)Nc3ccccc3F)c2)cc1. The Morgan fingerprint density at radius 1 is 0.971 bits per heavy atom. The number of nitrogens with one attached hydrogen (secondary N) is 3. The van der Waals surface area contributed by atoms with Crippen molar-refractivity contribution in [1.82, 2.24) is 5.32 Å². The molecule has 1 fully saturated rings. The third kappa shape index (κ3) is 6.27. The van der Waals surface area contributed by atoms with Crippen molar-refractivity contribution in [3.63, 3.8) is 0 Å². The molecule has 0 bridgehead atoms. The molecular formula is C26H27FN4O4. The number of halogens is 1. The van der Waals surface area contributed by atoms with Gasteiger partial charge < -0.3 is 30.3 Å². The summed E-state index contributed by atoms with van der Waals surface area (Å²) < 4.78 is 24.6. The molecule has 35 heavy (non-hydrogen) atoms. The van der Waals surface area contributed by atoms with E-state index >= 15 is 0 Å². The van der Waals surface area contributed by atoms with Crippen LogP contribution in [0.4, 0.5) is 26.2 Å². The fraction of sp³-hybridized carbons (Fsp3) is 0.231. The largest absolute Gasteiger partial charge is 0.497 e. The van der Waals surface area contributed by atoms with Crippen molar-refractivity contribution in [3.8, 4) is 5.75 Å². The number of morpholine rings is 1. The second kappa shape index (κ2) is 11.3. The average molecular weight is 479 g/mol. The maximum atomic E-state index is 14.0. The lowest BCUT2D eigenvalue weighted by Gasteiger charge is -2.30. The molecule has 1 heterocycles. The first kappa shape index (κ1) is 24.0. The first-order valence-corrected chi connectivity index (χ1v) is 11.2. The van der Waals surface area contributed by atoms with E-state index < -0.39 is 11.8 Å². The number of methoxy groups -OCH3 is 1. The van der Waals surface area contributed by atoms with Crippen LogP contribution < -0.4 is 25.6 Å². The van der Waals surface area contributed by atoms with Crippen LogP contribution in [-0.4, -0.2) is 45.4 Å². The van der Waals surface area contributed by atoms with E-state index in [0.717, 1.165) is 17.0 Å². The number of rotatable bonds is 7. The fourth-order valence-corrected chi connectivity index (χ4v) is 3.72. The predicted molar refractivity (Wildman–Crippen MR) is 133 cm³/mol. The molecule has 9 heteroatoms. The lowest BCUT2D eigenvalue weighted by atomic mass is 10.1. The van der Waals surface area contributed by atoms with Crippen molar-refractivity contribution >= 4 is 29.0 Å². The highest BCUT2D eigenvalue weighted by atomic mass is 19.1. The molecule has 0 atom stereocenters. The molecule has 3 aromatic rings. The van der Waals surface area contributed by atoms with Gasteiger partial charge in [0.1, 0.15) is 11.6 Å². The molecule has 0 unspecified atom stereocenters. The van der Waals surface area contributed by atoms with Crippen LogP contribution in [0.15, 0.2) is 66.7 Å². The topological polar surface area (TPSA) is 91.9 Å². The summed E-state index contributed by atoms with van der Waals surface area (Å²) >= 11 is 0. The molecule has 0 radical (unpaired) electrons. The van der Waals surface area contributed by atoms with Crippen molar-refractivity contribution in [2.24, 2.45) is 0 Å². The monoisotopic (exact) mass is 478 g/mol. The highest BCUT2D eigenvalue weighted by Gasteiger charge is 2.19. The number of carbonyl (C=O) groups is 2. The second-order valence-electron chi connectivity index (χ2n) is 7.92. The van der Waals surface area contributed by atoms with Crippen LogP contribution in [0.5, 0.6) is 5.75 Å². The Morgan fingerprint density at radius 3 is 2.40 bits per heavy atom. The number of hydrogen-bond donors (Lipinski definition) is 3. The molecule has 3 N–H and O–H groups in total. The molecule has 0 aliphatic carbocycles. The second-order valence-corrected chi connectivity index (χ2v) is 7.92. The minimum Gasteiger partial charge on any atom is -0.497 e. The number of para-hydroxylation sites is 1. The van der Waals surface area contributed by atoms with Gasteiger partial charge in [-0.15, -0.1) is 0 Å². The zero-order chi connectivity index (χ0) is 24.6. The van der Waals surface area contributed by atoms with Crippen LogP contribution in [0, 0.1) is 5.82 Å². The number of carbonyl (C=O) groups excluding carboxylic acids is 2.